The van der Waals surface area contributed by atoms with Crippen LogP contribution < -0.4 is 0 Å². The molecule has 2 aliphatic rings. The second-order valence-corrected chi connectivity index (χ2v) is 5.06. The highest BCUT2D eigenvalue weighted by Gasteiger charge is 2.33. The Labute approximate surface area is 103 Å². The predicted octanol–water partition coefficient (Wildman–Crippen LogP) is 1.40. The van der Waals surface area contributed by atoms with Crippen LogP contribution in [0.1, 0.15) is 45.4 Å². The summed E-state index contributed by atoms with van der Waals surface area (Å²) >= 11 is 0. The Morgan fingerprint density at radius 1 is 1.00 bits per heavy atom. The lowest BCUT2D eigenvalue weighted by molar-refractivity contribution is -0.153. The van der Waals surface area contributed by atoms with Crippen LogP contribution >= 0.6 is 0 Å². The van der Waals surface area contributed by atoms with Crippen LogP contribution in [0.2, 0.25) is 0 Å². The molecule has 2 heterocycles. The van der Waals surface area contributed by atoms with E-state index in [2.05, 4.69) is 6.92 Å². The summed E-state index contributed by atoms with van der Waals surface area (Å²) in [5, 5.41) is 0. The number of piperidine rings is 1. The van der Waals surface area contributed by atoms with Gasteiger partial charge in [0.15, 0.2) is 0 Å². The molecule has 0 bridgehead atoms. The summed E-state index contributed by atoms with van der Waals surface area (Å²) in [4.78, 5) is 27.8. The monoisotopic (exact) mass is 238 g/mol. The van der Waals surface area contributed by atoms with Crippen molar-refractivity contribution in [2.45, 2.75) is 51.5 Å². The van der Waals surface area contributed by atoms with E-state index in [4.69, 9.17) is 0 Å². The molecular weight excluding hydrogens is 216 g/mol. The first-order valence-corrected chi connectivity index (χ1v) is 6.84. The van der Waals surface area contributed by atoms with Gasteiger partial charge in [0.25, 0.3) is 0 Å². The molecule has 0 saturated carbocycles. The van der Waals surface area contributed by atoms with Crippen molar-refractivity contribution in [3.8, 4) is 0 Å². The summed E-state index contributed by atoms with van der Waals surface area (Å²) in [5.74, 6) is -0.540. The van der Waals surface area contributed by atoms with Gasteiger partial charge in [0, 0.05) is 25.7 Å². The molecule has 2 aliphatic heterocycles. The molecule has 1 atom stereocenters. The van der Waals surface area contributed by atoms with Gasteiger partial charge in [0.2, 0.25) is 0 Å². The number of amides is 2. The molecule has 0 spiro atoms. The minimum Gasteiger partial charge on any atom is -0.334 e. The maximum atomic E-state index is 12.2. The second-order valence-electron chi connectivity index (χ2n) is 5.06. The SMILES string of the molecule is CCC1CCCCN1C(=O)C(=O)N1CCCC1. The molecule has 2 saturated heterocycles. The quantitative estimate of drug-likeness (QED) is 0.648. The first kappa shape index (κ1) is 12.4. The minimum absolute atomic E-state index is 0.265. The van der Waals surface area contributed by atoms with Crippen molar-refractivity contribution < 1.29 is 9.59 Å². The fourth-order valence-electron chi connectivity index (χ4n) is 2.87. The highest BCUT2D eigenvalue weighted by molar-refractivity contribution is 6.35. The number of likely N-dealkylation sites (tertiary alicyclic amines) is 2. The summed E-state index contributed by atoms with van der Waals surface area (Å²) in [6, 6.07) is 0.280. The number of carbonyl (C=O) groups excluding carboxylic acids is 2. The van der Waals surface area contributed by atoms with Crippen LogP contribution in [0, 0.1) is 0 Å². The van der Waals surface area contributed by atoms with Gasteiger partial charge in [-0.2, -0.15) is 0 Å². The van der Waals surface area contributed by atoms with Gasteiger partial charge in [-0.25, -0.2) is 0 Å². The zero-order valence-corrected chi connectivity index (χ0v) is 10.7. The number of hydrogen-bond acceptors (Lipinski definition) is 2. The van der Waals surface area contributed by atoms with Crippen molar-refractivity contribution in [1.82, 2.24) is 9.80 Å². The number of hydrogen-bond donors (Lipinski definition) is 0. The average Bonchev–Trinajstić information content (AvgIpc) is 2.90. The van der Waals surface area contributed by atoms with Gasteiger partial charge in [-0.15, -0.1) is 0 Å². The summed E-state index contributed by atoms with van der Waals surface area (Å²) < 4.78 is 0. The van der Waals surface area contributed by atoms with E-state index in [-0.39, 0.29) is 17.9 Å². The molecule has 0 aromatic heterocycles. The second kappa shape index (κ2) is 5.52. The van der Waals surface area contributed by atoms with E-state index < -0.39 is 0 Å². The highest BCUT2D eigenvalue weighted by Crippen LogP contribution is 2.20. The van der Waals surface area contributed by atoms with Gasteiger partial charge in [-0.1, -0.05) is 6.92 Å². The lowest BCUT2D eigenvalue weighted by Gasteiger charge is -2.35. The van der Waals surface area contributed by atoms with Gasteiger partial charge in [-0.05, 0) is 38.5 Å². The zero-order valence-electron chi connectivity index (χ0n) is 10.7. The molecule has 96 valence electrons. The number of carbonyl (C=O) groups is 2. The molecule has 17 heavy (non-hydrogen) atoms. The van der Waals surface area contributed by atoms with Crippen LogP contribution in [0.15, 0.2) is 0 Å². The van der Waals surface area contributed by atoms with Crippen LogP contribution in [-0.4, -0.2) is 47.3 Å². The van der Waals surface area contributed by atoms with E-state index in [0.29, 0.717) is 0 Å². The molecule has 2 rings (SSSR count). The van der Waals surface area contributed by atoms with Crippen molar-refractivity contribution in [2.24, 2.45) is 0 Å². The smallest absolute Gasteiger partial charge is 0.312 e. The van der Waals surface area contributed by atoms with Crippen molar-refractivity contribution in [3.63, 3.8) is 0 Å². The Hall–Kier alpha value is -1.06. The molecule has 2 amide bonds. The Bertz CT molecular complexity index is 298. The van der Waals surface area contributed by atoms with Crippen LogP contribution in [-0.2, 0) is 9.59 Å². The molecule has 0 aromatic carbocycles. The zero-order chi connectivity index (χ0) is 12.3. The Morgan fingerprint density at radius 3 is 2.29 bits per heavy atom. The summed E-state index contributed by atoms with van der Waals surface area (Å²) in [7, 11) is 0. The maximum absolute atomic E-state index is 12.2. The largest absolute Gasteiger partial charge is 0.334 e. The van der Waals surface area contributed by atoms with E-state index >= 15 is 0 Å². The van der Waals surface area contributed by atoms with Crippen LogP contribution in [0.3, 0.4) is 0 Å². The van der Waals surface area contributed by atoms with Gasteiger partial charge < -0.3 is 9.80 Å². The van der Waals surface area contributed by atoms with Crippen LogP contribution in [0.4, 0.5) is 0 Å². The average molecular weight is 238 g/mol. The number of nitrogens with zero attached hydrogens (tertiary/aromatic N) is 2. The van der Waals surface area contributed by atoms with Crippen molar-refractivity contribution >= 4 is 11.8 Å². The van der Waals surface area contributed by atoms with Gasteiger partial charge >= 0.3 is 11.8 Å². The third-order valence-electron chi connectivity index (χ3n) is 3.94. The summed E-state index contributed by atoms with van der Waals surface area (Å²) in [6.45, 7) is 4.37. The van der Waals surface area contributed by atoms with E-state index in [9.17, 15) is 9.59 Å². The normalized spacial score (nSPS) is 25.1. The van der Waals surface area contributed by atoms with E-state index in [1.54, 1.807) is 4.90 Å². The van der Waals surface area contributed by atoms with Gasteiger partial charge in [0.1, 0.15) is 0 Å². The summed E-state index contributed by atoms with van der Waals surface area (Å²) in [5.41, 5.74) is 0. The Morgan fingerprint density at radius 2 is 1.65 bits per heavy atom. The molecule has 4 nitrogen and oxygen atoms in total. The molecule has 0 aromatic rings. The molecule has 0 N–H and O–H groups in total. The molecule has 1 unspecified atom stereocenters. The van der Waals surface area contributed by atoms with Crippen molar-refractivity contribution in [2.75, 3.05) is 19.6 Å². The number of rotatable bonds is 1. The fraction of sp³-hybridized carbons (Fsp3) is 0.846. The molecule has 2 fully saturated rings. The van der Waals surface area contributed by atoms with E-state index in [1.165, 1.54) is 6.42 Å². The standard InChI is InChI=1S/C13H22N2O2/c1-2-11-7-3-4-10-15(11)13(17)12(16)14-8-5-6-9-14/h11H,2-10H2,1H3. The minimum atomic E-state index is -0.275. The van der Waals surface area contributed by atoms with E-state index in [0.717, 1.165) is 51.7 Å². The van der Waals surface area contributed by atoms with Gasteiger partial charge in [0.05, 0.1) is 0 Å². The topological polar surface area (TPSA) is 40.6 Å². The molecule has 0 aliphatic carbocycles. The lowest BCUT2D eigenvalue weighted by Crippen LogP contribution is -2.50. The Kier molecular flexibility index (Phi) is 4.02. The molecule has 0 radical (unpaired) electrons. The summed E-state index contributed by atoms with van der Waals surface area (Å²) in [6.07, 6.45) is 6.30. The van der Waals surface area contributed by atoms with Crippen molar-refractivity contribution in [3.05, 3.63) is 0 Å². The maximum Gasteiger partial charge on any atom is 0.312 e. The third-order valence-corrected chi connectivity index (χ3v) is 3.94. The van der Waals surface area contributed by atoms with Crippen LogP contribution in [0.5, 0.6) is 0 Å². The predicted molar refractivity (Wildman–Crippen MR) is 65.5 cm³/mol. The van der Waals surface area contributed by atoms with E-state index in [1.807, 2.05) is 4.90 Å². The Balaban J connectivity index is 1.99. The van der Waals surface area contributed by atoms with Crippen molar-refractivity contribution in [1.29, 1.82) is 0 Å². The first-order valence-electron chi connectivity index (χ1n) is 6.84. The fourth-order valence-corrected chi connectivity index (χ4v) is 2.87. The molecular formula is C13H22N2O2. The highest BCUT2D eigenvalue weighted by atomic mass is 16.2. The van der Waals surface area contributed by atoms with Gasteiger partial charge in [-0.3, -0.25) is 9.59 Å². The third kappa shape index (κ3) is 2.61. The first-order chi connectivity index (χ1) is 8.24. The van der Waals surface area contributed by atoms with Crippen LogP contribution in [0.25, 0.3) is 0 Å². The lowest BCUT2D eigenvalue weighted by atomic mass is 10.00. The molecule has 4 heteroatoms.